The van der Waals surface area contributed by atoms with Crippen LogP contribution in [0.25, 0.3) is 11.3 Å². The highest BCUT2D eigenvalue weighted by atomic mass is 19.4. The number of nitrogens with one attached hydrogen (secondary N) is 1. The molecule has 0 atom stereocenters. The second-order valence-corrected chi connectivity index (χ2v) is 3.90. The van der Waals surface area contributed by atoms with Crippen LogP contribution in [0, 0.1) is 0 Å². The van der Waals surface area contributed by atoms with Crippen LogP contribution in [-0.4, -0.2) is 16.5 Å². The number of hydrogen-bond acceptors (Lipinski definition) is 4. The van der Waals surface area contributed by atoms with E-state index in [1.807, 2.05) is 6.92 Å². The molecule has 1 N–H and O–H groups in total. The topological polar surface area (TPSA) is 51.0 Å². The molecule has 2 heterocycles. The second kappa shape index (κ2) is 5.29. The number of furan rings is 1. The minimum atomic E-state index is -4.51. The third kappa shape index (κ3) is 3.24. The molecule has 102 valence electrons. The molecule has 7 heteroatoms. The van der Waals surface area contributed by atoms with Gasteiger partial charge < -0.3 is 9.73 Å². The summed E-state index contributed by atoms with van der Waals surface area (Å²) in [5, 5.41) is 2.76. The molecule has 0 bridgehead atoms. The molecule has 2 aromatic rings. The first-order chi connectivity index (χ1) is 9.00. The van der Waals surface area contributed by atoms with E-state index in [0.717, 1.165) is 12.5 Å². The maximum atomic E-state index is 12.8. The number of halogens is 3. The van der Waals surface area contributed by atoms with Gasteiger partial charge in [0.25, 0.3) is 0 Å². The van der Waals surface area contributed by atoms with Crippen LogP contribution >= 0.6 is 0 Å². The van der Waals surface area contributed by atoms with E-state index in [-0.39, 0.29) is 11.6 Å². The van der Waals surface area contributed by atoms with Gasteiger partial charge >= 0.3 is 6.18 Å². The molecule has 0 unspecified atom stereocenters. The van der Waals surface area contributed by atoms with Crippen LogP contribution in [0.1, 0.15) is 19.0 Å². The van der Waals surface area contributed by atoms with Gasteiger partial charge in [-0.3, -0.25) is 0 Å². The average Bonchev–Trinajstić information content (AvgIpc) is 2.89. The Morgan fingerprint density at radius 1 is 1.32 bits per heavy atom. The second-order valence-electron chi connectivity index (χ2n) is 3.90. The third-order valence-electron chi connectivity index (χ3n) is 2.37. The van der Waals surface area contributed by atoms with Gasteiger partial charge in [0.05, 0.1) is 18.2 Å². The van der Waals surface area contributed by atoms with Gasteiger partial charge in [-0.15, -0.1) is 0 Å². The molecule has 0 saturated heterocycles. The zero-order chi connectivity index (χ0) is 13.9. The van der Waals surface area contributed by atoms with Crippen molar-refractivity contribution < 1.29 is 17.6 Å². The van der Waals surface area contributed by atoms with Gasteiger partial charge in [-0.05, 0) is 18.6 Å². The third-order valence-corrected chi connectivity index (χ3v) is 2.37. The van der Waals surface area contributed by atoms with Crippen molar-refractivity contribution in [2.24, 2.45) is 0 Å². The van der Waals surface area contributed by atoms with Crippen molar-refractivity contribution >= 4 is 5.95 Å². The van der Waals surface area contributed by atoms with E-state index in [4.69, 9.17) is 4.42 Å². The summed E-state index contributed by atoms with van der Waals surface area (Å²) >= 11 is 0. The summed E-state index contributed by atoms with van der Waals surface area (Å²) in [6.07, 6.45) is -1.03. The molecule has 0 radical (unpaired) electrons. The predicted molar refractivity (Wildman–Crippen MR) is 63.5 cm³/mol. The lowest BCUT2D eigenvalue weighted by Crippen LogP contribution is -2.13. The van der Waals surface area contributed by atoms with Gasteiger partial charge in [0.1, 0.15) is 0 Å². The first-order valence-electron chi connectivity index (χ1n) is 5.73. The Hall–Kier alpha value is -2.05. The number of nitrogens with zero attached hydrogens (tertiary/aromatic N) is 2. The van der Waals surface area contributed by atoms with Crippen LogP contribution in [-0.2, 0) is 6.18 Å². The van der Waals surface area contributed by atoms with Crippen LogP contribution in [0.2, 0.25) is 0 Å². The summed E-state index contributed by atoms with van der Waals surface area (Å²) in [4.78, 5) is 7.52. The van der Waals surface area contributed by atoms with E-state index in [2.05, 4.69) is 15.3 Å². The molecule has 2 aromatic heterocycles. The number of rotatable bonds is 4. The molecule has 0 aliphatic carbocycles. The predicted octanol–water partition coefficient (Wildman–Crippen LogP) is 3.58. The smallest absolute Gasteiger partial charge is 0.433 e. The molecule has 0 fully saturated rings. The quantitative estimate of drug-likeness (QED) is 0.923. The van der Waals surface area contributed by atoms with Crippen molar-refractivity contribution in [3.05, 3.63) is 30.4 Å². The highest BCUT2D eigenvalue weighted by Gasteiger charge is 2.33. The lowest BCUT2D eigenvalue weighted by atomic mass is 10.2. The lowest BCUT2D eigenvalue weighted by molar-refractivity contribution is -0.141. The fourth-order valence-electron chi connectivity index (χ4n) is 1.47. The van der Waals surface area contributed by atoms with Gasteiger partial charge in [-0.1, -0.05) is 6.92 Å². The molecule has 0 saturated carbocycles. The Morgan fingerprint density at radius 2 is 2.11 bits per heavy atom. The van der Waals surface area contributed by atoms with Crippen molar-refractivity contribution in [3.63, 3.8) is 0 Å². The summed E-state index contributed by atoms with van der Waals surface area (Å²) < 4.78 is 43.2. The van der Waals surface area contributed by atoms with E-state index in [9.17, 15) is 13.2 Å². The van der Waals surface area contributed by atoms with Crippen molar-refractivity contribution in [1.82, 2.24) is 9.97 Å². The largest absolute Gasteiger partial charge is 0.472 e. The standard InChI is InChI=1S/C12H12F3N3O/c1-2-4-16-11-17-9(8-3-5-19-7-8)6-10(18-11)12(13,14)15/h3,5-7H,2,4H2,1H3,(H,16,17,18). The number of aromatic nitrogens is 2. The van der Waals surface area contributed by atoms with E-state index in [0.29, 0.717) is 12.1 Å². The van der Waals surface area contributed by atoms with Gasteiger partial charge in [0.15, 0.2) is 5.69 Å². The highest BCUT2D eigenvalue weighted by molar-refractivity contribution is 5.59. The number of hydrogen-bond donors (Lipinski definition) is 1. The fourth-order valence-corrected chi connectivity index (χ4v) is 1.47. The summed E-state index contributed by atoms with van der Waals surface area (Å²) in [5.41, 5.74) is -0.320. The highest BCUT2D eigenvalue weighted by Crippen LogP contribution is 2.31. The molecule has 0 spiro atoms. The minimum Gasteiger partial charge on any atom is -0.472 e. The zero-order valence-corrected chi connectivity index (χ0v) is 10.2. The molecule has 0 aliphatic heterocycles. The summed E-state index contributed by atoms with van der Waals surface area (Å²) in [5.74, 6) is -0.0344. The van der Waals surface area contributed by atoms with Gasteiger partial charge in [0, 0.05) is 12.1 Å². The number of alkyl halides is 3. The SMILES string of the molecule is CCCNc1nc(-c2ccoc2)cc(C(F)(F)F)n1. The van der Waals surface area contributed by atoms with Crippen LogP contribution in [0.3, 0.4) is 0 Å². The molecule has 0 aromatic carbocycles. The molecule has 2 rings (SSSR count). The van der Waals surface area contributed by atoms with Crippen LogP contribution in [0.15, 0.2) is 29.1 Å². The first kappa shape index (κ1) is 13.4. The Kier molecular flexibility index (Phi) is 3.73. The summed E-state index contributed by atoms with van der Waals surface area (Å²) in [6, 6.07) is 2.45. The van der Waals surface area contributed by atoms with E-state index in [1.165, 1.54) is 12.5 Å². The van der Waals surface area contributed by atoms with Crippen LogP contribution in [0.5, 0.6) is 0 Å². The summed E-state index contributed by atoms with van der Waals surface area (Å²) in [6.45, 7) is 2.41. The average molecular weight is 271 g/mol. The fraction of sp³-hybridized carbons (Fsp3) is 0.333. The van der Waals surface area contributed by atoms with E-state index >= 15 is 0 Å². The van der Waals surface area contributed by atoms with Crippen molar-refractivity contribution in [1.29, 1.82) is 0 Å². The Labute approximate surface area is 107 Å². The number of anilines is 1. The minimum absolute atomic E-state index is 0.0344. The molecular formula is C12H12F3N3O. The van der Waals surface area contributed by atoms with Crippen molar-refractivity contribution in [2.75, 3.05) is 11.9 Å². The Bertz CT molecular complexity index is 538. The normalized spacial score (nSPS) is 11.6. The van der Waals surface area contributed by atoms with Crippen molar-refractivity contribution in [2.45, 2.75) is 19.5 Å². The molecule has 4 nitrogen and oxygen atoms in total. The Morgan fingerprint density at radius 3 is 2.68 bits per heavy atom. The monoisotopic (exact) mass is 271 g/mol. The van der Waals surface area contributed by atoms with E-state index in [1.54, 1.807) is 6.07 Å². The maximum Gasteiger partial charge on any atom is 0.433 e. The lowest BCUT2D eigenvalue weighted by Gasteiger charge is -2.10. The van der Waals surface area contributed by atoms with Crippen molar-refractivity contribution in [3.8, 4) is 11.3 Å². The molecule has 19 heavy (non-hydrogen) atoms. The van der Waals surface area contributed by atoms with Gasteiger partial charge in [-0.25, -0.2) is 9.97 Å². The maximum absolute atomic E-state index is 12.8. The Balaban J connectivity index is 2.43. The first-order valence-corrected chi connectivity index (χ1v) is 5.73. The molecule has 0 aliphatic rings. The van der Waals surface area contributed by atoms with Gasteiger partial charge in [-0.2, -0.15) is 13.2 Å². The van der Waals surface area contributed by atoms with Gasteiger partial charge in [0.2, 0.25) is 5.95 Å². The van der Waals surface area contributed by atoms with E-state index < -0.39 is 11.9 Å². The molecular weight excluding hydrogens is 259 g/mol. The summed E-state index contributed by atoms with van der Waals surface area (Å²) in [7, 11) is 0. The molecule has 0 amide bonds. The van der Waals surface area contributed by atoms with Crippen LogP contribution in [0.4, 0.5) is 19.1 Å². The zero-order valence-electron chi connectivity index (χ0n) is 10.2. The van der Waals surface area contributed by atoms with Crippen LogP contribution < -0.4 is 5.32 Å².